The van der Waals surface area contributed by atoms with Crippen LogP contribution in [0, 0.1) is 0 Å². The van der Waals surface area contributed by atoms with Gasteiger partial charge in [0, 0.05) is 13.0 Å². The van der Waals surface area contributed by atoms with Crippen molar-refractivity contribution in [2.75, 3.05) is 47.5 Å². The fourth-order valence-electron chi connectivity index (χ4n) is 4.83. The molecule has 0 fully saturated rings. The van der Waals surface area contributed by atoms with Crippen molar-refractivity contribution in [1.29, 1.82) is 0 Å². The van der Waals surface area contributed by atoms with Crippen LogP contribution in [0.5, 0.6) is 0 Å². The third-order valence-electron chi connectivity index (χ3n) is 7.35. The number of rotatable bonds is 30. The number of unbranched alkanes of at least 4 members (excludes halogenated alkanes) is 20. The Hall–Kier alpha value is -0.390. The number of carbonyl (C=O) groups is 1. The van der Waals surface area contributed by atoms with E-state index in [0.29, 0.717) is 19.6 Å². The minimum atomic E-state index is -0.0987. The quantitative estimate of drug-likeness (QED) is 0.0384. The molecule has 0 aliphatic heterocycles. The molecular formula is C34H68BrNO3. The number of quaternary nitrogens is 1. The van der Waals surface area contributed by atoms with Gasteiger partial charge in [0.2, 0.25) is 0 Å². The normalized spacial score (nSPS) is 11.4. The molecule has 0 saturated heterocycles. The van der Waals surface area contributed by atoms with Gasteiger partial charge < -0.3 is 30.9 Å². The Kier molecular flexibility index (Phi) is 31.9. The first-order chi connectivity index (χ1) is 18.3. The molecule has 0 bridgehead atoms. The molecular weight excluding hydrogens is 550 g/mol. The number of halogens is 1. The van der Waals surface area contributed by atoms with Crippen LogP contribution in [0.1, 0.15) is 155 Å². The molecule has 5 heteroatoms. The Balaban J connectivity index is 0. The van der Waals surface area contributed by atoms with E-state index in [1.807, 2.05) is 0 Å². The summed E-state index contributed by atoms with van der Waals surface area (Å²) in [6.07, 6.45) is 29.6. The Morgan fingerprint density at radius 1 is 0.590 bits per heavy atom. The summed E-state index contributed by atoms with van der Waals surface area (Å²) >= 11 is 0. The van der Waals surface area contributed by atoms with Crippen LogP contribution >= 0.6 is 0 Å². The second-order valence-electron chi connectivity index (χ2n) is 12.7. The van der Waals surface area contributed by atoms with E-state index in [4.69, 9.17) is 9.47 Å². The molecule has 0 heterocycles. The summed E-state index contributed by atoms with van der Waals surface area (Å²) in [6.45, 7) is 9.12. The van der Waals surface area contributed by atoms with Crippen molar-refractivity contribution in [2.24, 2.45) is 0 Å². The first-order valence-corrected chi connectivity index (χ1v) is 16.6. The third-order valence-corrected chi connectivity index (χ3v) is 7.35. The molecule has 234 valence electrons. The Morgan fingerprint density at radius 3 is 1.46 bits per heavy atom. The lowest BCUT2D eigenvalue weighted by Crippen LogP contribution is -3.00. The van der Waals surface area contributed by atoms with Gasteiger partial charge in [-0.3, -0.25) is 4.79 Å². The van der Waals surface area contributed by atoms with Gasteiger partial charge in [-0.2, -0.15) is 0 Å². The summed E-state index contributed by atoms with van der Waals surface area (Å²) < 4.78 is 12.1. The van der Waals surface area contributed by atoms with Crippen LogP contribution in [0.4, 0.5) is 0 Å². The summed E-state index contributed by atoms with van der Waals surface area (Å²) in [6, 6.07) is 0. The molecule has 0 amide bonds. The zero-order valence-corrected chi connectivity index (χ0v) is 28.4. The molecule has 0 spiro atoms. The van der Waals surface area contributed by atoms with Crippen molar-refractivity contribution in [1.82, 2.24) is 0 Å². The first-order valence-electron chi connectivity index (χ1n) is 16.6. The highest BCUT2D eigenvalue weighted by molar-refractivity contribution is 5.69. The van der Waals surface area contributed by atoms with Gasteiger partial charge in [0.25, 0.3) is 0 Å². The fraction of sp³-hybridized carbons (Fsp3) is 0.912. The van der Waals surface area contributed by atoms with Gasteiger partial charge in [-0.1, -0.05) is 129 Å². The predicted molar refractivity (Wildman–Crippen MR) is 166 cm³/mol. The van der Waals surface area contributed by atoms with Gasteiger partial charge in [0.1, 0.15) is 6.61 Å². The molecule has 0 aromatic carbocycles. The summed E-state index contributed by atoms with van der Waals surface area (Å²) in [7, 11) is 6.78. The molecule has 0 N–H and O–H groups in total. The highest BCUT2D eigenvalue weighted by Gasteiger charge is 2.06. The molecule has 0 radical (unpaired) electrons. The number of carbonyl (C=O) groups excluding carboxylic acids is 1. The van der Waals surface area contributed by atoms with E-state index in [2.05, 4.69) is 34.6 Å². The maximum atomic E-state index is 12.0. The van der Waals surface area contributed by atoms with Crippen LogP contribution in [0.15, 0.2) is 12.2 Å². The second kappa shape index (κ2) is 30.6. The fourth-order valence-corrected chi connectivity index (χ4v) is 4.83. The molecule has 0 saturated carbocycles. The van der Waals surface area contributed by atoms with Crippen LogP contribution in [0.2, 0.25) is 0 Å². The van der Waals surface area contributed by atoms with Gasteiger partial charge in [0.05, 0.1) is 34.3 Å². The molecule has 0 aliphatic carbocycles. The maximum Gasteiger partial charge on any atom is 0.306 e. The van der Waals surface area contributed by atoms with Crippen molar-refractivity contribution in [3.05, 3.63) is 12.2 Å². The molecule has 0 rings (SSSR count). The average Bonchev–Trinajstić information content (AvgIpc) is 2.87. The van der Waals surface area contributed by atoms with Gasteiger partial charge in [-0.15, -0.1) is 0 Å². The van der Waals surface area contributed by atoms with Crippen molar-refractivity contribution in [2.45, 2.75) is 155 Å². The van der Waals surface area contributed by atoms with Crippen LogP contribution in [-0.4, -0.2) is 58.0 Å². The molecule has 39 heavy (non-hydrogen) atoms. The van der Waals surface area contributed by atoms with E-state index in [-0.39, 0.29) is 23.0 Å². The lowest BCUT2D eigenvalue weighted by molar-refractivity contribution is -0.870. The maximum absolute atomic E-state index is 12.0. The van der Waals surface area contributed by atoms with Gasteiger partial charge in [0.15, 0.2) is 0 Å². The molecule has 0 aromatic rings. The number of hydrogen-bond donors (Lipinski definition) is 0. The highest BCUT2D eigenvalue weighted by atomic mass is 79.9. The van der Waals surface area contributed by atoms with E-state index in [1.165, 1.54) is 129 Å². The number of nitrogens with zero attached hydrogens (tertiary/aromatic N) is 1. The minimum absolute atomic E-state index is 0. The lowest BCUT2D eigenvalue weighted by atomic mass is 10.0. The van der Waals surface area contributed by atoms with E-state index in [0.717, 1.165) is 35.9 Å². The van der Waals surface area contributed by atoms with Crippen LogP contribution < -0.4 is 17.0 Å². The zero-order valence-electron chi connectivity index (χ0n) is 26.8. The average molecular weight is 619 g/mol. The highest BCUT2D eigenvalue weighted by Crippen LogP contribution is 2.13. The monoisotopic (exact) mass is 617 g/mol. The Labute approximate surface area is 255 Å². The van der Waals surface area contributed by atoms with Crippen LogP contribution in [-0.2, 0) is 14.3 Å². The lowest BCUT2D eigenvalue weighted by Gasteiger charge is -2.23. The van der Waals surface area contributed by atoms with Gasteiger partial charge in [-0.25, -0.2) is 0 Å². The largest absolute Gasteiger partial charge is 1.00 e. The number of esters is 1. The van der Waals surface area contributed by atoms with E-state index in [9.17, 15) is 4.79 Å². The van der Waals surface area contributed by atoms with Crippen molar-refractivity contribution in [3.63, 3.8) is 0 Å². The number of ether oxygens (including phenoxy) is 2. The van der Waals surface area contributed by atoms with Crippen LogP contribution in [0.3, 0.4) is 0 Å². The van der Waals surface area contributed by atoms with Crippen molar-refractivity contribution >= 4 is 5.97 Å². The summed E-state index contributed by atoms with van der Waals surface area (Å²) in [4.78, 5) is 12.0. The molecule has 0 aromatic heterocycles. The third kappa shape index (κ3) is 35.6. The topological polar surface area (TPSA) is 35.5 Å². The van der Waals surface area contributed by atoms with Crippen molar-refractivity contribution < 1.29 is 35.7 Å². The van der Waals surface area contributed by atoms with E-state index in [1.54, 1.807) is 0 Å². The predicted octanol–water partition coefficient (Wildman–Crippen LogP) is 6.80. The van der Waals surface area contributed by atoms with Crippen LogP contribution in [0.25, 0.3) is 0 Å². The smallest absolute Gasteiger partial charge is 0.306 e. The summed E-state index contributed by atoms with van der Waals surface area (Å²) in [5.74, 6) is -0.0987. The SMILES string of the molecule is C=C(COCCCCCCCCCCCCCCCC)COC(=O)CCCCCCCCCC[N+](C)(C)C.[Br-]. The first kappa shape index (κ1) is 40.7. The van der Waals surface area contributed by atoms with Crippen molar-refractivity contribution in [3.8, 4) is 0 Å². The number of hydrogen-bond acceptors (Lipinski definition) is 3. The Morgan fingerprint density at radius 2 is 1.00 bits per heavy atom. The molecule has 0 aliphatic rings. The van der Waals surface area contributed by atoms with Gasteiger partial charge >= 0.3 is 5.97 Å². The second-order valence-corrected chi connectivity index (χ2v) is 12.7. The van der Waals surface area contributed by atoms with Gasteiger partial charge in [-0.05, 0) is 31.3 Å². The molecule has 4 nitrogen and oxygen atoms in total. The van der Waals surface area contributed by atoms with E-state index >= 15 is 0 Å². The van der Waals surface area contributed by atoms with E-state index < -0.39 is 0 Å². The minimum Gasteiger partial charge on any atom is -1.00 e. The summed E-state index contributed by atoms with van der Waals surface area (Å²) in [5, 5.41) is 0. The standard InChI is InChI=1S/C34H68NO3.BrH/c1-6-7-8-9-10-11-12-13-14-15-18-21-24-27-30-37-31-33(2)32-38-34(36)28-25-22-19-16-17-20-23-26-29-35(3,4)5;/h2,6-32H2,1,3-5H3;1H/q+1;/p-1. The Bertz CT molecular complexity index is 533. The molecule has 0 atom stereocenters. The summed E-state index contributed by atoms with van der Waals surface area (Å²) in [5.41, 5.74) is 0.856. The zero-order chi connectivity index (χ0) is 28.2. The molecule has 0 unspecified atom stereocenters.